The molecule has 1 saturated heterocycles. The Morgan fingerprint density at radius 1 is 0.719 bits per heavy atom. The van der Waals surface area contributed by atoms with Crippen LogP contribution in [0.15, 0.2) is 140 Å². The molecule has 1 N–H and O–H groups in total. The minimum absolute atomic E-state index is 0.0291. The zero-order valence-electron chi connectivity index (χ0n) is 31.4. The fraction of sp³-hybridized carbons (Fsp3) is 0.233. The summed E-state index contributed by atoms with van der Waals surface area (Å²) in [5.74, 6) is -3.28. The zero-order chi connectivity index (χ0) is 40.8. The average Bonchev–Trinajstić information content (AvgIpc) is 3.23. The molecule has 3 atom stereocenters. The van der Waals surface area contributed by atoms with Crippen LogP contribution in [0.4, 0.5) is 16.2 Å². The number of para-hydroxylation sites is 2. The maximum absolute atomic E-state index is 15.8. The normalized spacial score (nSPS) is 17.7. The molecule has 14 heteroatoms. The first-order valence-corrected chi connectivity index (χ1v) is 20.7. The topological polar surface area (TPSA) is 179 Å². The summed E-state index contributed by atoms with van der Waals surface area (Å²) in [6, 6.07) is 39.0. The van der Waals surface area contributed by atoms with Crippen LogP contribution in [-0.2, 0) is 32.3 Å². The number of hydrogen-bond donors (Lipinski definition) is 1. The first kappa shape index (κ1) is 40.4. The van der Waals surface area contributed by atoms with Crippen molar-refractivity contribution in [3.05, 3.63) is 171 Å². The van der Waals surface area contributed by atoms with Crippen LogP contribution in [-0.4, -0.2) is 55.9 Å². The number of aliphatic hydroxyl groups is 1. The van der Waals surface area contributed by atoms with E-state index < -0.39 is 58.0 Å². The third kappa shape index (κ3) is 6.93. The number of benzene rings is 5. The van der Waals surface area contributed by atoms with Crippen LogP contribution < -0.4 is 15.9 Å². The van der Waals surface area contributed by atoms with E-state index in [2.05, 4.69) is 0 Å². The van der Waals surface area contributed by atoms with Gasteiger partial charge in [0, 0.05) is 0 Å². The molecule has 6 rings (SSSR count). The molecule has 0 bridgehead atoms. The van der Waals surface area contributed by atoms with E-state index in [1.807, 2.05) is 54.6 Å². The molecule has 1 aliphatic rings. The van der Waals surface area contributed by atoms with Crippen LogP contribution in [0.1, 0.15) is 31.4 Å². The third-order valence-electron chi connectivity index (χ3n) is 11.2. The Kier molecular flexibility index (Phi) is 11.6. The van der Waals surface area contributed by atoms with Crippen molar-refractivity contribution < 1.29 is 38.8 Å². The Bertz CT molecular complexity index is 2190. The van der Waals surface area contributed by atoms with Gasteiger partial charge < -0.3 is 0 Å². The summed E-state index contributed by atoms with van der Waals surface area (Å²) < 4.78 is 11.9. The average molecular weight is 792 g/mol. The van der Waals surface area contributed by atoms with Crippen molar-refractivity contribution in [2.75, 3.05) is 12.9 Å². The van der Waals surface area contributed by atoms with Crippen LogP contribution >= 0.6 is 6.60 Å². The Morgan fingerprint density at radius 3 is 1.54 bits per heavy atom. The number of aliphatic hydroxyl groups excluding tert-OH is 1. The number of β-lactam (4-membered cyclic amide) rings is 1. The van der Waals surface area contributed by atoms with Gasteiger partial charge in [-0.25, -0.2) is 0 Å². The monoisotopic (exact) mass is 791 g/mol. The number of amides is 1. The SMILES string of the molecule is C[C@@H](C(=O)OCc1ccccc1[N+](=O)[O-])C1C(=O)N(CP(C(=O)OCc2ccccc2[N+](=O)[O-])(c2ccccc2)(c2ccccc2)c2ccccc2)C1(C)CCO. The van der Waals surface area contributed by atoms with Crippen molar-refractivity contribution in [2.24, 2.45) is 11.8 Å². The van der Waals surface area contributed by atoms with Gasteiger partial charge in [-0.15, -0.1) is 0 Å². The van der Waals surface area contributed by atoms with Crippen molar-refractivity contribution >= 4 is 51.5 Å². The molecule has 1 aliphatic heterocycles. The summed E-state index contributed by atoms with van der Waals surface area (Å²) in [7, 11) is 0. The molecule has 1 fully saturated rings. The van der Waals surface area contributed by atoms with E-state index in [4.69, 9.17) is 9.47 Å². The van der Waals surface area contributed by atoms with E-state index in [-0.39, 0.29) is 48.4 Å². The van der Waals surface area contributed by atoms with Gasteiger partial charge in [0.1, 0.15) is 0 Å². The molecule has 5 aromatic rings. The first-order valence-electron chi connectivity index (χ1n) is 18.3. The Morgan fingerprint density at radius 2 is 1.12 bits per heavy atom. The number of carbonyl (C=O) groups is 3. The maximum atomic E-state index is 15.8. The number of hydrogen-bond acceptors (Lipinski definition) is 10. The van der Waals surface area contributed by atoms with E-state index in [1.54, 1.807) is 67.3 Å². The molecule has 5 aromatic carbocycles. The molecule has 0 aliphatic carbocycles. The van der Waals surface area contributed by atoms with Gasteiger partial charge >= 0.3 is 330 Å². The zero-order valence-corrected chi connectivity index (χ0v) is 32.3. The first-order chi connectivity index (χ1) is 27.4. The van der Waals surface area contributed by atoms with Crippen molar-refractivity contribution in [3.8, 4) is 0 Å². The van der Waals surface area contributed by atoms with Crippen LogP contribution in [0.5, 0.6) is 0 Å². The molecular weight excluding hydrogens is 749 g/mol. The van der Waals surface area contributed by atoms with Gasteiger partial charge in [-0.1, -0.05) is 0 Å². The van der Waals surface area contributed by atoms with E-state index in [9.17, 15) is 34.9 Å². The summed E-state index contributed by atoms with van der Waals surface area (Å²) in [6.07, 6.45) is -0.204. The number of nitrogens with zero attached hydrogens (tertiary/aromatic N) is 3. The molecule has 0 saturated carbocycles. The molecule has 0 aromatic heterocycles. The van der Waals surface area contributed by atoms with Crippen LogP contribution in [0, 0.1) is 32.1 Å². The predicted octanol–water partition coefficient (Wildman–Crippen LogP) is 6.61. The van der Waals surface area contributed by atoms with Crippen molar-refractivity contribution in [2.45, 2.75) is 39.0 Å². The van der Waals surface area contributed by atoms with E-state index >= 15 is 4.79 Å². The number of esters is 1. The number of likely N-dealkylation sites (tertiary alicyclic amines) is 1. The molecule has 13 nitrogen and oxygen atoms in total. The van der Waals surface area contributed by atoms with Crippen molar-refractivity contribution in [1.29, 1.82) is 0 Å². The second kappa shape index (κ2) is 16.4. The second-order valence-electron chi connectivity index (χ2n) is 14.2. The van der Waals surface area contributed by atoms with Crippen LogP contribution in [0.25, 0.3) is 0 Å². The van der Waals surface area contributed by atoms with Crippen LogP contribution in [0.2, 0.25) is 0 Å². The van der Waals surface area contributed by atoms with Gasteiger partial charge in [-0.05, 0) is 0 Å². The number of nitro groups is 2. The van der Waals surface area contributed by atoms with Gasteiger partial charge in [0.05, 0.1) is 0 Å². The van der Waals surface area contributed by atoms with Crippen LogP contribution in [0.3, 0.4) is 0 Å². The summed E-state index contributed by atoms with van der Waals surface area (Å²) in [4.78, 5) is 68.2. The summed E-state index contributed by atoms with van der Waals surface area (Å²) in [6.45, 7) is -2.66. The van der Waals surface area contributed by atoms with Crippen molar-refractivity contribution in [1.82, 2.24) is 4.90 Å². The number of ether oxygens (including phenoxy) is 2. The van der Waals surface area contributed by atoms with Crippen molar-refractivity contribution in [3.63, 3.8) is 0 Å². The molecule has 1 heterocycles. The number of rotatable bonds is 16. The molecule has 1 amide bonds. The van der Waals surface area contributed by atoms with Gasteiger partial charge in [-0.2, -0.15) is 0 Å². The van der Waals surface area contributed by atoms with E-state index in [0.717, 1.165) is 0 Å². The van der Waals surface area contributed by atoms with Gasteiger partial charge in [0.25, 0.3) is 0 Å². The Labute approximate surface area is 329 Å². The van der Waals surface area contributed by atoms with E-state index in [0.29, 0.717) is 15.9 Å². The summed E-state index contributed by atoms with van der Waals surface area (Å²) in [5.41, 5.74) is -1.96. The molecule has 2 unspecified atom stereocenters. The minimum atomic E-state index is -4.77. The fourth-order valence-electron chi connectivity index (χ4n) is 8.23. The number of carbonyl (C=O) groups excluding carboxylic acids is 3. The molecular formula is C43H42N3O10P. The Hall–Kier alpha value is -6.30. The third-order valence-corrected chi connectivity index (χ3v) is 17.3. The summed E-state index contributed by atoms with van der Waals surface area (Å²) >= 11 is 0. The van der Waals surface area contributed by atoms with Gasteiger partial charge in [-0.3, -0.25) is 0 Å². The number of nitro benzene ring substituents is 2. The van der Waals surface area contributed by atoms with E-state index in [1.165, 1.54) is 36.4 Å². The van der Waals surface area contributed by atoms with Gasteiger partial charge in [0.2, 0.25) is 0 Å². The van der Waals surface area contributed by atoms with Gasteiger partial charge in [0.15, 0.2) is 0 Å². The standard InChI is InChI=1S/C43H42N3O10P/c1-31(41(49)55-28-32-16-12-14-24-37(32)45(51)52)39-40(48)44(43(39,2)26-27-47)30-57(34-18-6-3-7-19-34,35-20-8-4-9-21-35,36-22-10-5-11-23-36)42(50)56-29-33-17-13-15-25-38(33)46(53)54/h3-25,31,39,47H,26-30H2,1-2H3/t31-,39?,43?/m1/s1. The molecule has 294 valence electrons. The summed E-state index contributed by atoms with van der Waals surface area (Å²) in [5, 5.41) is 35.8. The molecule has 0 radical (unpaired) electrons. The Balaban J connectivity index is 1.49. The molecule has 0 spiro atoms. The predicted molar refractivity (Wildman–Crippen MR) is 216 cm³/mol. The quantitative estimate of drug-likeness (QED) is 0.0376. The molecule has 57 heavy (non-hydrogen) atoms. The second-order valence-corrected chi connectivity index (χ2v) is 19.1. The fourth-order valence-corrected chi connectivity index (χ4v) is 14.2.